The molecule has 0 amide bonds. The van der Waals surface area contributed by atoms with Crippen LogP contribution in [0, 0.1) is 5.92 Å². The third-order valence-electron chi connectivity index (χ3n) is 2.51. The molecule has 1 atom stereocenters. The maximum atomic E-state index is 4.42. The number of hydrogen-bond acceptors (Lipinski definition) is 2. The first-order valence-corrected chi connectivity index (χ1v) is 5.82. The van der Waals surface area contributed by atoms with Gasteiger partial charge in [-0.15, -0.1) is 0 Å². The molecule has 0 aliphatic rings. The van der Waals surface area contributed by atoms with Gasteiger partial charge in [-0.1, -0.05) is 20.8 Å². The van der Waals surface area contributed by atoms with Gasteiger partial charge in [0.2, 0.25) is 0 Å². The summed E-state index contributed by atoms with van der Waals surface area (Å²) in [6.45, 7) is 8.85. The lowest BCUT2D eigenvalue weighted by atomic mass is 10.1. The Kier molecular flexibility index (Phi) is 4.18. The summed E-state index contributed by atoms with van der Waals surface area (Å²) in [6.07, 6.45) is 2.18. The Balaban J connectivity index is 2.59. The number of aryl methyl sites for hydroxylation is 2. The molecule has 0 fully saturated rings. The van der Waals surface area contributed by atoms with Gasteiger partial charge in [0.1, 0.15) is 5.82 Å². The van der Waals surface area contributed by atoms with Gasteiger partial charge in [0.25, 0.3) is 0 Å². The maximum absolute atomic E-state index is 4.42. The molecule has 0 bridgehead atoms. The summed E-state index contributed by atoms with van der Waals surface area (Å²) in [4.78, 5) is 0. The first-order chi connectivity index (χ1) is 7.02. The highest BCUT2D eigenvalue weighted by molar-refractivity contribution is 5.37. The van der Waals surface area contributed by atoms with Gasteiger partial charge in [-0.3, -0.25) is 4.68 Å². The van der Waals surface area contributed by atoms with Crippen molar-refractivity contribution in [3.63, 3.8) is 0 Å². The van der Waals surface area contributed by atoms with Crippen molar-refractivity contribution >= 4 is 5.82 Å². The summed E-state index contributed by atoms with van der Waals surface area (Å²) >= 11 is 0. The Morgan fingerprint density at radius 3 is 2.53 bits per heavy atom. The summed E-state index contributed by atoms with van der Waals surface area (Å²) in [5, 5.41) is 7.91. The Bertz CT molecular complexity index is 302. The molecule has 0 aliphatic heterocycles. The summed E-state index contributed by atoms with van der Waals surface area (Å²) < 4.78 is 1.93. The van der Waals surface area contributed by atoms with Crippen LogP contribution in [-0.2, 0) is 13.5 Å². The number of nitrogens with zero attached hydrogens (tertiary/aromatic N) is 2. The number of aromatic nitrogens is 2. The normalized spacial score (nSPS) is 13.2. The number of rotatable bonds is 5. The average Bonchev–Trinajstić information content (AvgIpc) is 2.46. The minimum Gasteiger partial charge on any atom is -0.368 e. The van der Waals surface area contributed by atoms with E-state index in [1.807, 2.05) is 11.7 Å². The van der Waals surface area contributed by atoms with E-state index in [0.717, 1.165) is 23.9 Å². The minimum absolute atomic E-state index is 0.505. The molecular weight excluding hydrogens is 186 g/mol. The Morgan fingerprint density at radius 1 is 1.40 bits per heavy atom. The van der Waals surface area contributed by atoms with Crippen molar-refractivity contribution < 1.29 is 0 Å². The van der Waals surface area contributed by atoms with Crippen LogP contribution < -0.4 is 5.32 Å². The maximum Gasteiger partial charge on any atom is 0.124 e. The third-order valence-corrected chi connectivity index (χ3v) is 2.51. The zero-order chi connectivity index (χ0) is 11.4. The molecule has 86 valence electrons. The van der Waals surface area contributed by atoms with E-state index in [9.17, 15) is 0 Å². The number of anilines is 1. The van der Waals surface area contributed by atoms with E-state index in [2.05, 4.69) is 44.2 Å². The van der Waals surface area contributed by atoms with Crippen molar-refractivity contribution in [1.82, 2.24) is 9.78 Å². The van der Waals surface area contributed by atoms with Crippen LogP contribution in [0.15, 0.2) is 6.07 Å². The topological polar surface area (TPSA) is 29.9 Å². The van der Waals surface area contributed by atoms with Gasteiger partial charge in [-0.25, -0.2) is 0 Å². The van der Waals surface area contributed by atoms with E-state index in [-0.39, 0.29) is 0 Å². The quantitative estimate of drug-likeness (QED) is 0.808. The van der Waals surface area contributed by atoms with Gasteiger partial charge in [-0.05, 0) is 25.7 Å². The van der Waals surface area contributed by atoms with Crippen molar-refractivity contribution in [1.29, 1.82) is 0 Å². The minimum atomic E-state index is 0.505. The lowest BCUT2D eigenvalue weighted by Gasteiger charge is -2.16. The average molecular weight is 209 g/mol. The number of nitrogens with one attached hydrogen (secondary N) is 1. The highest BCUT2D eigenvalue weighted by atomic mass is 15.3. The van der Waals surface area contributed by atoms with Gasteiger partial charge in [-0.2, -0.15) is 5.10 Å². The van der Waals surface area contributed by atoms with Crippen molar-refractivity contribution in [3.05, 3.63) is 11.8 Å². The van der Waals surface area contributed by atoms with Crippen molar-refractivity contribution in [2.24, 2.45) is 13.0 Å². The van der Waals surface area contributed by atoms with E-state index in [1.54, 1.807) is 0 Å². The highest BCUT2D eigenvalue weighted by Crippen LogP contribution is 2.14. The summed E-state index contributed by atoms with van der Waals surface area (Å²) in [5.74, 6) is 1.85. The molecular formula is C12H23N3. The highest BCUT2D eigenvalue weighted by Gasteiger charge is 2.08. The molecule has 3 heteroatoms. The van der Waals surface area contributed by atoms with E-state index in [0.29, 0.717) is 6.04 Å². The van der Waals surface area contributed by atoms with Crippen LogP contribution in [0.4, 0.5) is 5.82 Å². The molecule has 1 aromatic heterocycles. The monoisotopic (exact) mass is 209 g/mol. The molecule has 1 aromatic rings. The van der Waals surface area contributed by atoms with Crippen LogP contribution in [0.5, 0.6) is 0 Å². The van der Waals surface area contributed by atoms with E-state index in [1.165, 1.54) is 6.42 Å². The Labute approximate surface area is 92.9 Å². The molecule has 0 spiro atoms. The Morgan fingerprint density at radius 2 is 2.07 bits per heavy atom. The molecule has 1 rings (SSSR count). The third kappa shape index (κ3) is 3.57. The molecule has 0 saturated carbocycles. The van der Waals surface area contributed by atoms with Crippen LogP contribution in [0.2, 0.25) is 0 Å². The summed E-state index contributed by atoms with van der Waals surface area (Å²) in [6, 6.07) is 2.64. The zero-order valence-electron chi connectivity index (χ0n) is 10.5. The standard InChI is InChI=1S/C12H23N3/c1-6-11-8-12(15(5)14-11)13-10(4)7-9(2)3/h8-10,13H,6-7H2,1-5H3. The fourth-order valence-corrected chi connectivity index (χ4v) is 1.85. The van der Waals surface area contributed by atoms with E-state index >= 15 is 0 Å². The van der Waals surface area contributed by atoms with Crippen molar-refractivity contribution in [2.45, 2.75) is 46.6 Å². The van der Waals surface area contributed by atoms with Gasteiger partial charge < -0.3 is 5.32 Å². The first kappa shape index (κ1) is 12.1. The second kappa shape index (κ2) is 5.19. The first-order valence-electron chi connectivity index (χ1n) is 5.82. The molecule has 0 aliphatic carbocycles. The predicted octanol–water partition coefficient (Wildman–Crippen LogP) is 2.83. The molecule has 0 aromatic carbocycles. The molecule has 15 heavy (non-hydrogen) atoms. The zero-order valence-corrected chi connectivity index (χ0v) is 10.5. The molecule has 1 N–H and O–H groups in total. The molecule has 3 nitrogen and oxygen atoms in total. The van der Waals surface area contributed by atoms with Gasteiger partial charge in [0.05, 0.1) is 5.69 Å². The van der Waals surface area contributed by atoms with Crippen LogP contribution in [0.3, 0.4) is 0 Å². The van der Waals surface area contributed by atoms with Crippen LogP contribution in [-0.4, -0.2) is 15.8 Å². The lowest BCUT2D eigenvalue weighted by Crippen LogP contribution is -2.19. The fourth-order valence-electron chi connectivity index (χ4n) is 1.85. The Hall–Kier alpha value is -0.990. The van der Waals surface area contributed by atoms with Crippen molar-refractivity contribution in [2.75, 3.05) is 5.32 Å². The molecule has 0 saturated heterocycles. The van der Waals surface area contributed by atoms with Crippen LogP contribution in [0.1, 0.15) is 39.8 Å². The SMILES string of the molecule is CCc1cc(NC(C)CC(C)C)n(C)n1. The molecule has 1 unspecified atom stereocenters. The molecule has 1 heterocycles. The van der Waals surface area contributed by atoms with E-state index in [4.69, 9.17) is 0 Å². The summed E-state index contributed by atoms with van der Waals surface area (Å²) in [7, 11) is 1.99. The van der Waals surface area contributed by atoms with Crippen LogP contribution in [0.25, 0.3) is 0 Å². The van der Waals surface area contributed by atoms with Gasteiger partial charge >= 0.3 is 0 Å². The van der Waals surface area contributed by atoms with E-state index < -0.39 is 0 Å². The van der Waals surface area contributed by atoms with Crippen molar-refractivity contribution in [3.8, 4) is 0 Å². The van der Waals surface area contributed by atoms with Crippen LogP contribution >= 0.6 is 0 Å². The number of hydrogen-bond donors (Lipinski definition) is 1. The fraction of sp³-hybridized carbons (Fsp3) is 0.750. The smallest absolute Gasteiger partial charge is 0.124 e. The predicted molar refractivity (Wildman–Crippen MR) is 65.1 cm³/mol. The second-order valence-electron chi connectivity index (χ2n) is 4.67. The van der Waals surface area contributed by atoms with Gasteiger partial charge in [0, 0.05) is 19.2 Å². The second-order valence-corrected chi connectivity index (χ2v) is 4.67. The lowest BCUT2D eigenvalue weighted by molar-refractivity contribution is 0.536. The largest absolute Gasteiger partial charge is 0.368 e. The van der Waals surface area contributed by atoms with Gasteiger partial charge in [0.15, 0.2) is 0 Å². The molecule has 0 radical (unpaired) electrons. The summed E-state index contributed by atoms with van der Waals surface area (Å²) in [5.41, 5.74) is 1.15.